The Morgan fingerprint density at radius 1 is 1.30 bits per heavy atom. The van der Waals surface area contributed by atoms with Crippen LogP contribution in [-0.4, -0.2) is 38.0 Å². The summed E-state index contributed by atoms with van der Waals surface area (Å²) in [5.41, 5.74) is 0.812. The van der Waals surface area contributed by atoms with Gasteiger partial charge in [0.05, 0.1) is 10.5 Å². The number of aliphatic hydroxyl groups is 1. The van der Waals surface area contributed by atoms with Gasteiger partial charge in [0.1, 0.15) is 0 Å². The molecule has 1 fully saturated rings. The predicted octanol–water partition coefficient (Wildman–Crippen LogP) is 1.50. The summed E-state index contributed by atoms with van der Waals surface area (Å²) in [5, 5.41) is 15.3. The van der Waals surface area contributed by atoms with Crippen LogP contribution in [0.15, 0.2) is 23.1 Å². The highest BCUT2D eigenvalue weighted by Crippen LogP contribution is 2.33. The lowest BCUT2D eigenvalue weighted by Gasteiger charge is -2.36. The number of aryl methyl sites for hydroxylation is 1. The van der Waals surface area contributed by atoms with E-state index >= 15 is 0 Å². The van der Waals surface area contributed by atoms with E-state index in [0.717, 1.165) is 24.8 Å². The fraction of sp³-hybridized carbons (Fsp3) is 0.562. The van der Waals surface area contributed by atoms with Gasteiger partial charge in [0.2, 0.25) is 0 Å². The molecule has 1 aliphatic carbocycles. The number of hydrogen-bond acceptors (Lipinski definition) is 4. The van der Waals surface area contributed by atoms with Gasteiger partial charge in [-0.3, -0.25) is 0 Å². The lowest BCUT2D eigenvalue weighted by atomic mass is 9.78. The van der Waals surface area contributed by atoms with E-state index in [-0.39, 0.29) is 17.5 Å². The smallest absolute Gasteiger partial charge is 0.315 e. The normalized spacial score (nSPS) is 16.5. The van der Waals surface area contributed by atoms with E-state index in [1.54, 1.807) is 25.1 Å². The van der Waals surface area contributed by atoms with Crippen molar-refractivity contribution in [3.63, 3.8) is 0 Å². The van der Waals surface area contributed by atoms with Gasteiger partial charge in [-0.2, -0.15) is 0 Å². The number of sulfone groups is 1. The second kappa shape index (κ2) is 6.88. The van der Waals surface area contributed by atoms with E-state index in [9.17, 15) is 18.3 Å². The van der Waals surface area contributed by atoms with Crippen LogP contribution in [0, 0.1) is 6.92 Å². The topological polar surface area (TPSA) is 95.5 Å². The zero-order valence-corrected chi connectivity index (χ0v) is 14.4. The van der Waals surface area contributed by atoms with Crippen molar-refractivity contribution in [1.29, 1.82) is 0 Å². The number of benzene rings is 1. The Morgan fingerprint density at radius 2 is 2.00 bits per heavy atom. The molecule has 6 nitrogen and oxygen atoms in total. The van der Waals surface area contributed by atoms with E-state index in [4.69, 9.17) is 0 Å². The zero-order valence-electron chi connectivity index (χ0n) is 13.6. The zero-order chi connectivity index (χ0) is 17.1. The summed E-state index contributed by atoms with van der Waals surface area (Å²) in [4.78, 5) is 12.0. The van der Waals surface area contributed by atoms with Crippen LogP contribution < -0.4 is 10.6 Å². The van der Waals surface area contributed by atoms with Crippen molar-refractivity contribution in [3.05, 3.63) is 29.3 Å². The maximum atomic E-state index is 11.7. The molecule has 128 valence electrons. The monoisotopic (exact) mass is 340 g/mol. The van der Waals surface area contributed by atoms with Gasteiger partial charge in [-0.15, -0.1) is 0 Å². The molecule has 2 rings (SSSR count). The summed E-state index contributed by atoms with van der Waals surface area (Å²) >= 11 is 0. The number of rotatable bonds is 6. The van der Waals surface area contributed by atoms with Gasteiger partial charge in [-0.1, -0.05) is 12.1 Å². The molecule has 0 radical (unpaired) electrons. The van der Waals surface area contributed by atoms with Crippen molar-refractivity contribution in [1.82, 2.24) is 10.6 Å². The molecule has 0 aromatic heterocycles. The first-order valence-corrected chi connectivity index (χ1v) is 9.62. The van der Waals surface area contributed by atoms with E-state index in [1.807, 2.05) is 0 Å². The van der Waals surface area contributed by atoms with Gasteiger partial charge in [0.15, 0.2) is 9.84 Å². The lowest BCUT2D eigenvalue weighted by molar-refractivity contribution is -0.0389. The van der Waals surface area contributed by atoms with Crippen LogP contribution in [0.4, 0.5) is 4.79 Å². The summed E-state index contributed by atoms with van der Waals surface area (Å²) in [7, 11) is -3.28. The summed E-state index contributed by atoms with van der Waals surface area (Å²) in [6.45, 7) is 2.41. The molecule has 7 heteroatoms. The van der Waals surface area contributed by atoms with Crippen LogP contribution in [0.5, 0.6) is 0 Å². The number of amides is 2. The van der Waals surface area contributed by atoms with E-state index in [0.29, 0.717) is 18.5 Å². The average molecular weight is 340 g/mol. The van der Waals surface area contributed by atoms with Crippen LogP contribution >= 0.6 is 0 Å². The van der Waals surface area contributed by atoms with Gasteiger partial charge >= 0.3 is 6.03 Å². The molecule has 1 aliphatic rings. The summed E-state index contributed by atoms with van der Waals surface area (Å²) < 4.78 is 23.4. The van der Waals surface area contributed by atoms with Gasteiger partial charge < -0.3 is 15.7 Å². The molecule has 1 aromatic rings. The van der Waals surface area contributed by atoms with Gasteiger partial charge in [0, 0.05) is 19.3 Å². The molecule has 1 aromatic carbocycles. The number of hydrogen-bond donors (Lipinski definition) is 3. The van der Waals surface area contributed by atoms with Crippen LogP contribution in [0.2, 0.25) is 0 Å². The third-order valence-corrected chi connectivity index (χ3v) is 5.50. The largest absolute Gasteiger partial charge is 0.390 e. The average Bonchev–Trinajstić information content (AvgIpc) is 2.43. The molecular formula is C16H24N2O4S. The van der Waals surface area contributed by atoms with Crippen LogP contribution in [0.3, 0.4) is 0 Å². The standard InChI is InChI=1S/C16H24N2O4S/c1-12-4-5-13(10-14(12)23(2,21)22)11-18-15(19)17-9-8-16(20)6-3-7-16/h4-5,10,20H,3,6-9,11H2,1-2H3,(H2,17,18,19). The molecule has 0 spiro atoms. The van der Waals surface area contributed by atoms with E-state index in [2.05, 4.69) is 10.6 Å². The third kappa shape index (κ3) is 4.94. The molecule has 23 heavy (non-hydrogen) atoms. The molecule has 3 N–H and O–H groups in total. The van der Waals surface area contributed by atoms with E-state index < -0.39 is 15.4 Å². The Bertz CT molecular complexity index is 681. The molecule has 0 unspecified atom stereocenters. The maximum Gasteiger partial charge on any atom is 0.315 e. The van der Waals surface area contributed by atoms with E-state index in [1.165, 1.54) is 6.26 Å². The number of carbonyl (C=O) groups is 1. The first-order valence-electron chi connectivity index (χ1n) is 7.73. The second-order valence-corrected chi connectivity index (χ2v) is 8.29. The Labute approximate surface area is 137 Å². The molecular weight excluding hydrogens is 316 g/mol. The van der Waals surface area contributed by atoms with Crippen molar-refractivity contribution >= 4 is 15.9 Å². The Hall–Kier alpha value is -1.60. The minimum Gasteiger partial charge on any atom is -0.390 e. The van der Waals surface area contributed by atoms with Crippen molar-refractivity contribution < 1.29 is 18.3 Å². The van der Waals surface area contributed by atoms with Gasteiger partial charge in [0.25, 0.3) is 0 Å². The Kier molecular flexibility index (Phi) is 5.31. The van der Waals surface area contributed by atoms with Crippen LogP contribution in [0.25, 0.3) is 0 Å². The lowest BCUT2D eigenvalue weighted by Crippen LogP contribution is -2.42. The second-order valence-electron chi connectivity index (χ2n) is 6.31. The molecule has 0 aliphatic heterocycles. The molecule has 0 atom stereocenters. The highest BCUT2D eigenvalue weighted by molar-refractivity contribution is 7.90. The quantitative estimate of drug-likeness (QED) is 0.731. The first-order chi connectivity index (χ1) is 10.7. The predicted molar refractivity (Wildman–Crippen MR) is 87.9 cm³/mol. The maximum absolute atomic E-state index is 11.7. The number of carbonyl (C=O) groups excluding carboxylic acids is 1. The molecule has 1 saturated carbocycles. The molecule has 0 saturated heterocycles. The number of nitrogens with one attached hydrogen (secondary N) is 2. The SMILES string of the molecule is Cc1ccc(CNC(=O)NCCC2(O)CCC2)cc1S(C)(=O)=O. The van der Waals surface area contributed by atoms with Gasteiger partial charge in [-0.05, 0) is 49.8 Å². The van der Waals surface area contributed by atoms with Crippen LogP contribution in [-0.2, 0) is 16.4 Å². The molecule has 0 bridgehead atoms. The Balaban J connectivity index is 1.82. The van der Waals surface area contributed by atoms with Crippen LogP contribution in [0.1, 0.15) is 36.8 Å². The summed E-state index contributed by atoms with van der Waals surface area (Å²) in [6, 6.07) is 4.79. The Morgan fingerprint density at radius 3 is 2.57 bits per heavy atom. The fourth-order valence-corrected chi connectivity index (χ4v) is 3.66. The summed E-state index contributed by atoms with van der Waals surface area (Å²) in [5.74, 6) is 0. The minimum absolute atomic E-state index is 0.249. The molecule has 2 amide bonds. The first kappa shape index (κ1) is 17.7. The molecule has 0 heterocycles. The highest BCUT2D eigenvalue weighted by Gasteiger charge is 2.33. The van der Waals surface area contributed by atoms with Gasteiger partial charge in [-0.25, -0.2) is 13.2 Å². The van der Waals surface area contributed by atoms with Crippen molar-refractivity contribution in [2.24, 2.45) is 0 Å². The summed E-state index contributed by atoms with van der Waals surface area (Å²) in [6.07, 6.45) is 4.37. The minimum atomic E-state index is -3.28. The third-order valence-electron chi connectivity index (χ3n) is 4.27. The highest BCUT2D eigenvalue weighted by atomic mass is 32.2. The van der Waals surface area contributed by atoms with Crippen molar-refractivity contribution in [2.75, 3.05) is 12.8 Å². The fourth-order valence-electron chi connectivity index (χ4n) is 2.64. The van der Waals surface area contributed by atoms with Crippen molar-refractivity contribution in [2.45, 2.75) is 49.6 Å². The van der Waals surface area contributed by atoms with Crippen molar-refractivity contribution in [3.8, 4) is 0 Å². The number of urea groups is 1.